The SMILES string of the molecule is C[C@@H]1Oc2cc(S(=O)(=O)N3CCN(C(=O)NC4CCCCC4)CC3)c(Cl)cc2NC1=O. The first-order valence-corrected chi connectivity index (χ1v) is 12.4. The Balaban J connectivity index is 1.43. The lowest BCUT2D eigenvalue weighted by Gasteiger charge is -2.35. The highest BCUT2D eigenvalue weighted by molar-refractivity contribution is 7.89. The van der Waals surface area contributed by atoms with E-state index in [2.05, 4.69) is 10.6 Å². The maximum absolute atomic E-state index is 13.2. The first kappa shape index (κ1) is 22.2. The lowest BCUT2D eigenvalue weighted by atomic mass is 9.96. The number of carbonyl (C=O) groups excluding carboxylic acids is 2. The highest BCUT2D eigenvalue weighted by atomic mass is 35.5. The topological polar surface area (TPSA) is 108 Å². The molecule has 2 aliphatic heterocycles. The molecule has 4 rings (SSSR count). The third kappa shape index (κ3) is 4.61. The summed E-state index contributed by atoms with van der Waals surface area (Å²) in [4.78, 5) is 25.9. The van der Waals surface area contributed by atoms with Crippen LogP contribution in [0.2, 0.25) is 5.02 Å². The van der Waals surface area contributed by atoms with Gasteiger partial charge in [-0.1, -0.05) is 30.9 Å². The van der Waals surface area contributed by atoms with Crippen molar-refractivity contribution >= 4 is 39.2 Å². The average molecular weight is 471 g/mol. The van der Waals surface area contributed by atoms with E-state index in [0.717, 1.165) is 25.7 Å². The van der Waals surface area contributed by atoms with Gasteiger partial charge in [0.25, 0.3) is 5.91 Å². The molecule has 31 heavy (non-hydrogen) atoms. The van der Waals surface area contributed by atoms with Crippen molar-refractivity contribution in [1.82, 2.24) is 14.5 Å². The average Bonchev–Trinajstić information content (AvgIpc) is 2.75. The molecule has 11 heteroatoms. The van der Waals surface area contributed by atoms with Gasteiger partial charge in [0.1, 0.15) is 10.6 Å². The molecule has 0 aromatic heterocycles. The van der Waals surface area contributed by atoms with E-state index in [1.165, 1.54) is 22.9 Å². The fourth-order valence-electron chi connectivity index (χ4n) is 4.19. The summed E-state index contributed by atoms with van der Waals surface area (Å²) < 4.78 is 33.3. The smallest absolute Gasteiger partial charge is 0.317 e. The van der Waals surface area contributed by atoms with Gasteiger partial charge < -0.3 is 20.3 Å². The number of amides is 3. The first-order chi connectivity index (χ1) is 14.8. The van der Waals surface area contributed by atoms with E-state index in [9.17, 15) is 18.0 Å². The maximum Gasteiger partial charge on any atom is 0.317 e. The van der Waals surface area contributed by atoms with Crippen molar-refractivity contribution in [2.75, 3.05) is 31.5 Å². The van der Waals surface area contributed by atoms with E-state index in [0.29, 0.717) is 18.8 Å². The van der Waals surface area contributed by atoms with Crippen molar-refractivity contribution in [2.45, 2.75) is 56.1 Å². The van der Waals surface area contributed by atoms with Gasteiger partial charge in [0.05, 0.1) is 10.7 Å². The minimum Gasteiger partial charge on any atom is -0.479 e. The molecule has 2 N–H and O–H groups in total. The number of ether oxygens (including phenoxy) is 1. The normalized spacial score (nSPS) is 23.0. The Bertz CT molecular complexity index is 972. The Morgan fingerprint density at radius 2 is 1.84 bits per heavy atom. The van der Waals surface area contributed by atoms with Gasteiger partial charge in [-0.3, -0.25) is 4.79 Å². The Hall–Kier alpha value is -2.04. The van der Waals surface area contributed by atoms with Crippen LogP contribution in [-0.2, 0) is 14.8 Å². The molecule has 3 amide bonds. The zero-order chi connectivity index (χ0) is 22.2. The molecule has 2 heterocycles. The van der Waals surface area contributed by atoms with Gasteiger partial charge in [-0.25, -0.2) is 13.2 Å². The van der Waals surface area contributed by atoms with Crippen LogP contribution in [0.15, 0.2) is 17.0 Å². The standard InChI is InChI=1S/C20H27ClN4O5S/c1-13-19(26)23-16-11-15(21)18(12-17(16)30-13)31(28,29)25-9-7-24(8-10-25)20(27)22-14-5-3-2-4-6-14/h11-14H,2-10H2,1H3,(H,22,27)(H,23,26)/t13-/m0/s1. The number of nitrogens with one attached hydrogen (secondary N) is 2. The molecule has 9 nitrogen and oxygen atoms in total. The molecular weight excluding hydrogens is 444 g/mol. The van der Waals surface area contributed by atoms with E-state index in [1.54, 1.807) is 11.8 Å². The highest BCUT2D eigenvalue weighted by Crippen LogP contribution is 2.38. The molecule has 1 saturated carbocycles. The molecule has 2 fully saturated rings. The summed E-state index contributed by atoms with van der Waals surface area (Å²) in [6.07, 6.45) is 4.74. The monoisotopic (exact) mass is 470 g/mol. The fraction of sp³-hybridized carbons (Fsp3) is 0.600. The zero-order valence-corrected chi connectivity index (χ0v) is 19.0. The van der Waals surface area contributed by atoms with Crippen molar-refractivity contribution in [2.24, 2.45) is 0 Å². The number of carbonyl (C=O) groups is 2. The molecule has 3 aliphatic rings. The summed E-state index contributed by atoms with van der Waals surface area (Å²) in [5.41, 5.74) is 0.344. The molecule has 0 radical (unpaired) electrons. The van der Waals surface area contributed by atoms with Gasteiger partial charge in [-0.05, 0) is 25.8 Å². The van der Waals surface area contributed by atoms with Gasteiger partial charge in [0.15, 0.2) is 6.10 Å². The number of fused-ring (bicyclic) bond motifs is 1. The Morgan fingerprint density at radius 1 is 1.16 bits per heavy atom. The van der Waals surface area contributed by atoms with Crippen LogP contribution >= 0.6 is 11.6 Å². The Labute approximate surface area is 187 Å². The number of sulfonamides is 1. The number of hydrogen-bond acceptors (Lipinski definition) is 5. The van der Waals surface area contributed by atoms with Crippen LogP contribution in [-0.4, -0.2) is 67.9 Å². The molecule has 0 spiro atoms. The summed E-state index contributed by atoms with van der Waals surface area (Å²) in [6.45, 7) is 2.57. The summed E-state index contributed by atoms with van der Waals surface area (Å²) in [5.74, 6) is -0.0534. The minimum absolute atomic E-state index is 0.00896. The zero-order valence-electron chi connectivity index (χ0n) is 17.4. The van der Waals surface area contributed by atoms with Crippen LogP contribution in [0.1, 0.15) is 39.0 Å². The van der Waals surface area contributed by atoms with Crippen LogP contribution in [0.3, 0.4) is 0 Å². The number of halogens is 1. The molecule has 1 aliphatic carbocycles. The second-order valence-corrected chi connectivity index (χ2v) is 10.5. The maximum atomic E-state index is 13.2. The fourth-order valence-corrected chi connectivity index (χ4v) is 6.13. The van der Waals surface area contributed by atoms with E-state index in [1.807, 2.05) is 0 Å². The van der Waals surface area contributed by atoms with Crippen molar-refractivity contribution in [1.29, 1.82) is 0 Å². The number of urea groups is 1. The van der Waals surface area contributed by atoms with Crippen LogP contribution in [0, 0.1) is 0 Å². The summed E-state index contributed by atoms with van der Waals surface area (Å²) >= 11 is 6.25. The van der Waals surface area contributed by atoms with Crippen molar-refractivity contribution in [3.05, 3.63) is 17.2 Å². The number of nitrogens with zero attached hydrogens (tertiary/aromatic N) is 2. The number of rotatable bonds is 3. The predicted molar refractivity (Wildman–Crippen MR) is 116 cm³/mol. The minimum atomic E-state index is -3.88. The molecule has 170 valence electrons. The quantitative estimate of drug-likeness (QED) is 0.705. The Morgan fingerprint density at radius 3 is 2.52 bits per heavy atom. The second-order valence-electron chi connectivity index (χ2n) is 8.20. The lowest BCUT2D eigenvalue weighted by Crippen LogP contribution is -2.54. The molecule has 0 bridgehead atoms. The van der Waals surface area contributed by atoms with E-state index in [4.69, 9.17) is 16.3 Å². The number of piperazine rings is 1. The van der Waals surface area contributed by atoms with Gasteiger partial charge >= 0.3 is 6.03 Å². The number of benzene rings is 1. The van der Waals surface area contributed by atoms with Gasteiger partial charge in [-0.2, -0.15) is 4.31 Å². The van der Waals surface area contributed by atoms with Crippen LogP contribution in [0.25, 0.3) is 0 Å². The van der Waals surface area contributed by atoms with Crippen molar-refractivity contribution in [3.63, 3.8) is 0 Å². The molecular formula is C20H27ClN4O5S. The van der Waals surface area contributed by atoms with Gasteiger partial charge in [-0.15, -0.1) is 0 Å². The van der Waals surface area contributed by atoms with E-state index < -0.39 is 16.1 Å². The molecule has 1 aromatic rings. The Kier molecular flexibility index (Phi) is 6.32. The summed E-state index contributed by atoms with van der Waals surface area (Å²) in [7, 11) is -3.88. The van der Waals surface area contributed by atoms with E-state index in [-0.39, 0.29) is 46.7 Å². The van der Waals surface area contributed by atoms with Crippen LogP contribution in [0.5, 0.6) is 5.75 Å². The number of hydrogen-bond donors (Lipinski definition) is 2. The van der Waals surface area contributed by atoms with Crippen LogP contribution < -0.4 is 15.4 Å². The predicted octanol–water partition coefficient (Wildman–Crippen LogP) is 2.41. The van der Waals surface area contributed by atoms with Crippen molar-refractivity contribution < 1.29 is 22.7 Å². The first-order valence-electron chi connectivity index (χ1n) is 10.6. The molecule has 1 saturated heterocycles. The molecule has 1 atom stereocenters. The lowest BCUT2D eigenvalue weighted by molar-refractivity contribution is -0.122. The largest absolute Gasteiger partial charge is 0.479 e. The van der Waals surface area contributed by atoms with Crippen LogP contribution in [0.4, 0.5) is 10.5 Å². The highest BCUT2D eigenvalue weighted by Gasteiger charge is 2.34. The third-order valence-electron chi connectivity index (χ3n) is 6.04. The van der Waals surface area contributed by atoms with E-state index >= 15 is 0 Å². The summed E-state index contributed by atoms with van der Waals surface area (Å²) in [5, 5.41) is 5.73. The summed E-state index contributed by atoms with van der Waals surface area (Å²) in [6, 6.07) is 2.82. The second kappa shape index (κ2) is 8.84. The number of anilines is 1. The van der Waals surface area contributed by atoms with Crippen molar-refractivity contribution in [3.8, 4) is 5.75 Å². The molecule has 0 unspecified atom stereocenters. The van der Waals surface area contributed by atoms with Gasteiger partial charge in [0, 0.05) is 38.3 Å². The third-order valence-corrected chi connectivity index (χ3v) is 8.40. The van der Waals surface area contributed by atoms with Gasteiger partial charge in [0.2, 0.25) is 10.0 Å². The molecule has 1 aromatic carbocycles.